The summed E-state index contributed by atoms with van der Waals surface area (Å²) < 4.78 is 0. The molecule has 3 heteroatoms. The predicted octanol–water partition coefficient (Wildman–Crippen LogP) is 2.96. The molecule has 0 spiro atoms. The van der Waals surface area contributed by atoms with Crippen LogP contribution in [0.4, 0.5) is 0 Å². The van der Waals surface area contributed by atoms with Gasteiger partial charge in [0, 0.05) is 18.2 Å². The van der Waals surface area contributed by atoms with Crippen molar-refractivity contribution in [2.24, 2.45) is 4.99 Å². The highest BCUT2D eigenvalue weighted by Crippen LogP contribution is 2.21. The van der Waals surface area contributed by atoms with Crippen LogP contribution in [0.15, 0.2) is 71.4 Å². The first-order valence-electron chi connectivity index (χ1n) is 6.54. The molecule has 2 rings (SSSR count). The smallest absolute Gasteiger partial charge is 0.248 e. The van der Waals surface area contributed by atoms with Crippen molar-refractivity contribution in [3.8, 4) is 0 Å². The second-order valence-electron chi connectivity index (χ2n) is 4.54. The van der Waals surface area contributed by atoms with E-state index in [1.807, 2.05) is 55.5 Å². The van der Waals surface area contributed by atoms with E-state index in [9.17, 15) is 4.79 Å². The molecule has 102 valence electrons. The number of likely N-dealkylation sites (N-methyl/N-ethyl adjacent to an activating group) is 1. The molecule has 1 aromatic carbocycles. The van der Waals surface area contributed by atoms with E-state index in [-0.39, 0.29) is 12.5 Å². The number of allylic oxidation sites excluding steroid dienone is 4. The summed E-state index contributed by atoms with van der Waals surface area (Å²) in [6.07, 6.45) is 5.71. The van der Waals surface area contributed by atoms with Crippen molar-refractivity contribution in [3.05, 3.63) is 72.0 Å². The highest BCUT2D eigenvalue weighted by molar-refractivity contribution is 6.16. The van der Waals surface area contributed by atoms with Crippen molar-refractivity contribution >= 4 is 11.6 Å². The highest BCUT2D eigenvalue weighted by atomic mass is 16.2. The van der Waals surface area contributed by atoms with E-state index in [2.05, 4.69) is 11.6 Å². The lowest BCUT2D eigenvalue weighted by molar-refractivity contribution is -0.126. The summed E-state index contributed by atoms with van der Waals surface area (Å²) in [5.41, 5.74) is 3.31. The Morgan fingerprint density at radius 3 is 2.65 bits per heavy atom. The molecule has 0 N–H and O–H groups in total. The number of carbonyl (C=O) groups excluding carboxylic acids is 1. The van der Waals surface area contributed by atoms with E-state index in [0.29, 0.717) is 0 Å². The molecule has 1 aromatic rings. The van der Waals surface area contributed by atoms with E-state index in [1.165, 1.54) is 0 Å². The predicted molar refractivity (Wildman–Crippen MR) is 82.7 cm³/mol. The number of rotatable bonds is 2. The van der Waals surface area contributed by atoms with Crippen LogP contribution in [0.3, 0.4) is 0 Å². The number of hydrogen-bond donors (Lipinski definition) is 0. The fourth-order valence-electron chi connectivity index (χ4n) is 2.07. The number of carbonyl (C=O) groups is 1. The van der Waals surface area contributed by atoms with E-state index in [0.717, 1.165) is 22.5 Å². The van der Waals surface area contributed by atoms with Gasteiger partial charge in [0.15, 0.2) is 0 Å². The molecule has 0 aromatic heterocycles. The van der Waals surface area contributed by atoms with Gasteiger partial charge < -0.3 is 4.90 Å². The maximum Gasteiger partial charge on any atom is 0.248 e. The summed E-state index contributed by atoms with van der Waals surface area (Å²) in [6.45, 7) is 6.21. The Hall–Kier alpha value is -2.42. The van der Waals surface area contributed by atoms with Crippen LogP contribution < -0.4 is 0 Å². The van der Waals surface area contributed by atoms with Crippen LogP contribution in [0.1, 0.15) is 12.5 Å². The number of aliphatic imine (C=N–C) groups is 1. The normalized spacial score (nSPS) is 18.6. The fraction of sp³-hybridized carbons (Fsp3) is 0.176. The van der Waals surface area contributed by atoms with Gasteiger partial charge in [0.2, 0.25) is 5.91 Å². The standard InChI is InChI=1S/C17H18N2O/c1-4-5-11-15-13(2)17(14-9-7-6-8-10-14)18-12-16(20)19(15)3/h4-11H,2,12H2,1,3H3/b5-4-,15-11+. The van der Waals surface area contributed by atoms with E-state index >= 15 is 0 Å². The number of benzene rings is 1. The van der Waals surface area contributed by atoms with Gasteiger partial charge in [-0.1, -0.05) is 49.1 Å². The lowest BCUT2D eigenvalue weighted by Crippen LogP contribution is -2.27. The maximum atomic E-state index is 12.0. The zero-order chi connectivity index (χ0) is 14.5. The minimum atomic E-state index is -0.0344. The highest BCUT2D eigenvalue weighted by Gasteiger charge is 2.23. The lowest BCUT2D eigenvalue weighted by atomic mass is 10.0. The molecule has 0 atom stereocenters. The first kappa shape index (κ1) is 14.0. The van der Waals surface area contributed by atoms with E-state index < -0.39 is 0 Å². The molecule has 0 bridgehead atoms. The molecule has 0 saturated heterocycles. The van der Waals surface area contributed by atoms with Crippen LogP contribution in [0.5, 0.6) is 0 Å². The zero-order valence-electron chi connectivity index (χ0n) is 11.8. The molecule has 0 aliphatic carbocycles. The van der Waals surface area contributed by atoms with Crippen LogP contribution in [0.25, 0.3) is 0 Å². The van der Waals surface area contributed by atoms with Crippen molar-refractivity contribution in [3.63, 3.8) is 0 Å². The Labute approximate surface area is 119 Å². The van der Waals surface area contributed by atoms with E-state index in [4.69, 9.17) is 0 Å². The third kappa shape index (κ3) is 2.77. The molecule has 0 saturated carbocycles. The Kier molecular flexibility index (Phi) is 4.31. The van der Waals surface area contributed by atoms with Gasteiger partial charge in [-0.05, 0) is 13.0 Å². The van der Waals surface area contributed by atoms with Gasteiger partial charge >= 0.3 is 0 Å². The number of hydrogen-bond acceptors (Lipinski definition) is 2. The van der Waals surface area contributed by atoms with Crippen LogP contribution >= 0.6 is 0 Å². The average molecular weight is 266 g/mol. The number of nitrogens with zero attached hydrogens (tertiary/aromatic N) is 2. The molecular formula is C17H18N2O. The monoisotopic (exact) mass is 266 g/mol. The summed E-state index contributed by atoms with van der Waals surface area (Å²) in [5.74, 6) is -0.0344. The molecule has 1 heterocycles. The van der Waals surface area contributed by atoms with Crippen molar-refractivity contribution in [2.45, 2.75) is 6.92 Å². The molecule has 1 amide bonds. The Morgan fingerprint density at radius 1 is 1.30 bits per heavy atom. The lowest BCUT2D eigenvalue weighted by Gasteiger charge is -2.19. The quantitative estimate of drug-likeness (QED) is 0.810. The van der Waals surface area contributed by atoms with Crippen LogP contribution in [-0.2, 0) is 4.79 Å². The molecule has 3 nitrogen and oxygen atoms in total. The minimum Gasteiger partial charge on any atom is -0.313 e. The van der Waals surface area contributed by atoms with Gasteiger partial charge in [0.1, 0.15) is 6.54 Å². The van der Waals surface area contributed by atoms with Gasteiger partial charge in [-0.15, -0.1) is 0 Å². The number of amides is 1. The van der Waals surface area contributed by atoms with Crippen molar-refractivity contribution < 1.29 is 4.79 Å². The summed E-state index contributed by atoms with van der Waals surface area (Å²) >= 11 is 0. The topological polar surface area (TPSA) is 32.7 Å². The second kappa shape index (κ2) is 6.15. The molecular weight excluding hydrogens is 248 g/mol. The van der Waals surface area contributed by atoms with Crippen LogP contribution in [-0.4, -0.2) is 30.1 Å². The largest absolute Gasteiger partial charge is 0.313 e. The molecule has 0 radical (unpaired) electrons. The van der Waals surface area contributed by atoms with Crippen molar-refractivity contribution in [2.75, 3.05) is 13.6 Å². The Morgan fingerprint density at radius 2 is 2.00 bits per heavy atom. The Balaban J connectivity index is 2.49. The van der Waals surface area contributed by atoms with Crippen LogP contribution in [0.2, 0.25) is 0 Å². The molecule has 0 unspecified atom stereocenters. The molecule has 0 fully saturated rings. The SMILES string of the molecule is C=C1C(c2ccccc2)=NCC(=O)N(C)/C1=C/C=C\C. The average Bonchev–Trinajstić information content (AvgIpc) is 2.57. The molecule has 1 aliphatic heterocycles. The molecule has 20 heavy (non-hydrogen) atoms. The third-order valence-corrected chi connectivity index (χ3v) is 3.20. The summed E-state index contributed by atoms with van der Waals surface area (Å²) in [4.78, 5) is 18.1. The van der Waals surface area contributed by atoms with Gasteiger partial charge in [-0.25, -0.2) is 0 Å². The summed E-state index contributed by atoms with van der Waals surface area (Å²) in [5, 5.41) is 0. The first-order chi connectivity index (χ1) is 9.65. The summed E-state index contributed by atoms with van der Waals surface area (Å²) in [6, 6.07) is 9.82. The Bertz CT molecular complexity index is 609. The van der Waals surface area contributed by atoms with Gasteiger partial charge in [-0.3, -0.25) is 9.79 Å². The fourth-order valence-corrected chi connectivity index (χ4v) is 2.07. The van der Waals surface area contributed by atoms with Crippen LogP contribution in [0, 0.1) is 0 Å². The van der Waals surface area contributed by atoms with Crippen molar-refractivity contribution in [1.82, 2.24) is 4.90 Å². The maximum absolute atomic E-state index is 12.0. The minimum absolute atomic E-state index is 0.0344. The van der Waals surface area contributed by atoms with Gasteiger partial charge in [0.25, 0.3) is 0 Å². The second-order valence-corrected chi connectivity index (χ2v) is 4.54. The van der Waals surface area contributed by atoms with Crippen molar-refractivity contribution in [1.29, 1.82) is 0 Å². The van der Waals surface area contributed by atoms with Gasteiger partial charge in [0.05, 0.1) is 11.4 Å². The molecule has 1 aliphatic rings. The zero-order valence-corrected chi connectivity index (χ0v) is 11.8. The van der Waals surface area contributed by atoms with E-state index in [1.54, 1.807) is 11.9 Å². The third-order valence-electron chi connectivity index (χ3n) is 3.20. The summed E-state index contributed by atoms with van der Waals surface area (Å²) in [7, 11) is 1.76. The first-order valence-corrected chi connectivity index (χ1v) is 6.54. The van der Waals surface area contributed by atoms with Gasteiger partial charge in [-0.2, -0.15) is 0 Å².